The van der Waals surface area contributed by atoms with E-state index in [9.17, 15) is 0 Å². The smallest absolute Gasteiger partial charge is 0.0545 e. The van der Waals surface area contributed by atoms with E-state index in [4.69, 9.17) is 0 Å². The molecule has 0 bridgehead atoms. The number of hydrogen-bond donors (Lipinski definition) is 0. The van der Waals surface area contributed by atoms with Gasteiger partial charge in [-0.2, -0.15) is 0 Å². The lowest BCUT2D eigenvalue weighted by molar-refractivity contribution is 0.632. The zero-order chi connectivity index (χ0) is 26.9. The first-order valence-corrected chi connectivity index (χ1v) is 13.0. The minimum atomic E-state index is -0.153. The van der Waals surface area contributed by atoms with E-state index < -0.39 is 0 Å². The van der Waals surface area contributed by atoms with Crippen LogP contribution in [0.3, 0.4) is 0 Å². The van der Waals surface area contributed by atoms with Crippen molar-refractivity contribution in [2.24, 2.45) is 0 Å². The molecule has 1 aromatic heterocycles. The molecule has 0 spiro atoms. The summed E-state index contributed by atoms with van der Waals surface area (Å²) < 4.78 is 2.24. The molecule has 0 saturated heterocycles. The summed E-state index contributed by atoms with van der Waals surface area (Å²) in [6, 6.07) is 34.5. The molecule has 2 nitrogen and oxygen atoms in total. The molecule has 0 saturated carbocycles. The van der Waals surface area contributed by atoms with Crippen LogP contribution in [-0.4, -0.2) is 4.57 Å². The van der Waals surface area contributed by atoms with Crippen LogP contribution in [0.15, 0.2) is 122 Å². The first-order chi connectivity index (χ1) is 18.4. The second kappa shape index (κ2) is 10.1. The number of allylic oxidation sites excluding steroid dienone is 3. The van der Waals surface area contributed by atoms with Crippen LogP contribution in [0.2, 0.25) is 0 Å². The Hall–Kier alpha value is -4.56. The second-order valence-corrected chi connectivity index (χ2v) is 10.1. The first kappa shape index (κ1) is 25.1. The maximum atomic E-state index is 4.42. The van der Waals surface area contributed by atoms with Crippen molar-refractivity contribution in [3.63, 3.8) is 0 Å². The van der Waals surface area contributed by atoms with Gasteiger partial charge in [0.25, 0.3) is 0 Å². The molecule has 0 fully saturated rings. The standard InChI is InChI=1S/C31H26N2.C5H8/c1-21-22(2)32(23-13-7-5-8-14-23)29-20-27-30(19-25(21)29)33(24-15-9-6-10-16-24)28-18-12-11-17-26(28)31(27,3)4;1-3-5-4-2/h5-20H,1-2H2,3-4H3;3-5H,1H2,2H3/b;5-4-. The van der Waals surface area contributed by atoms with E-state index in [2.05, 4.69) is 134 Å². The summed E-state index contributed by atoms with van der Waals surface area (Å²) in [6.45, 7) is 18.9. The van der Waals surface area contributed by atoms with Gasteiger partial charge in [0.2, 0.25) is 0 Å². The molecule has 0 aliphatic carbocycles. The van der Waals surface area contributed by atoms with Crippen molar-refractivity contribution in [3.05, 3.63) is 144 Å². The normalized spacial score (nSPS) is 13.5. The van der Waals surface area contributed by atoms with Crippen LogP contribution in [-0.2, 0) is 5.41 Å². The van der Waals surface area contributed by atoms with E-state index in [0.717, 1.165) is 32.8 Å². The number of anilines is 3. The Morgan fingerprint density at radius 3 is 1.92 bits per heavy atom. The van der Waals surface area contributed by atoms with Gasteiger partial charge < -0.3 is 9.47 Å². The SMILES string of the molecule is C=C/C=C\C.C=c1c(=C)n(-c2ccccc2)c2cc3c(cc12)N(c1ccccc1)c1ccccc1C3(C)C. The van der Waals surface area contributed by atoms with Crippen molar-refractivity contribution in [2.75, 3.05) is 4.90 Å². The van der Waals surface area contributed by atoms with E-state index in [1.807, 2.05) is 25.1 Å². The fourth-order valence-corrected chi connectivity index (χ4v) is 5.46. The molecule has 38 heavy (non-hydrogen) atoms. The Kier molecular flexibility index (Phi) is 6.65. The molecule has 2 heterocycles. The van der Waals surface area contributed by atoms with Crippen molar-refractivity contribution < 1.29 is 0 Å². The van der Waals surface area contributed by atoms with Crippen LogP contribution < -0.4 is 15.5 Å². The summed E-state index contributed by atoms with van der Waals surface area (Å²) in [5.41, 5.74) is 8.31. The highest BCUT2D eigenvalue weighted by molar-refractivity contribution is 5.94. The Bertz CT molecular complexity index is 1740. The van der Waals surface area contributed by atoms with Crippen LogP contribution in [0.1, 0.15) is 31.9 Å². The molecule has 0 unspecified atom stereocenters. The highest BCUT2D eigenvalue weighted by Crippen LogP contribution is 2.52. The number of rotatable bonds is 3. The molecule has 1 aliphatic rings. The molecule has 1 aliphatic heterocycles. The Morgan fingerprint density at radius 2 is 1.32 bits per heavy atom. The molecule has 2 heteroatoms. The summed E-state index contributed by atoms with van der Waals surface area (Å²) in [7, 11) is 0. The van der Waals surface area contributed by atoms with Crippen LogP contribution in [0.4, 0.5) is 17.1 Å². The number of para-hydroxylation sites is 3. The lowest BCUT2D eigenvalue weighted by Gasteiger charge is -2.42. The third-order valence-corrected chi connectivity index (χ3v) is 7.39. The number of fused-ring (bicyclic) bond motifs is 3. The minimum absolute atomic E-state index is 0.153. The topological polar surface area (TPSA) is 8.17 Å². The number of hydrogen-bond acceptors (Lipinski definition) is 1. The zero-order valence-electron chi connectivity index (χ0n) is 22.5. The van der Waals surface area contributed by atoms with Crippen LogP contribution in [0, 0.1) is 0 Å². The van der Waals surface area contributed by atoms with Gasteiger partial charge in [0.05, 0.1) is 16.9 Å². The summed E-state index contributed by atoms with van der Waals surface area (Å²) in [5.74, 6) is 0. The van der Waals surface area contributed by atoms with Crippen molar-refractivity contribution in [2.45, 2.75) is 26.2 Å². The molecule has 0 amide bonds. The van der Waals surface area contributed by atoms with Gasteiger partial charge in [-0.3, -0.25) is 0 Å². The lowest BCUT2D eigenvalue weighted by Crippen LogP contribution is -2.30. The Balaban J connectivity index is 0.000000540. The summed E-state index contributed by atoms with van der Waals surface area (Å²) >= 11 is 0. The van der Waals surface area contributed by atoms with Crippen LogP contribution >= 0.6 is 0 Å². The monoisotopic (exact) mass is 494 g/mol. The van der Waals surface area contributed by atoms with E-state index in [-0.39, 0.29) is 5.41 Å². The number of benzene rings is 4. The third-order valence-electron chi connectivity index (χ3n) is 7.39. The van der Waals surface area contributed by atoms with E-state index >= 15 is 0 Å². The van der Waals surface area contributed by atoms with Gasteiger partial charge in [-0.15, -0.1) is 0 Å². The first-order valence-electron chi connectivity index (χ1n) is 13.0. The number of nitrogens with zero attached hydrogens (tertiary/aromatic N) is 2. The molecule has 188 valence electrons. The second-order valence-electron chi connectivity index (χ2n) is 10.1. The molecule has 6 rings (SSSR count). The largest absolute Gasteiger partial charge is 0.310 e. The van der Waals surface area contributed by atoms with E-state index in [1.54, 1.807) is 6.08 Å². The maximum Gasteiger partial charge on any atom is 0.0545 e. The van der Waals surface area contributed by atoms with Gasteiger partial charge in [-0.25, -0.2) is 0 Å². The average molecular weight is 495 g/mol. The van der Waals surface area contributed by atoms with Crippen LogP contribution in [0.25, 0.3) is 29.7 Å². The van der Waals surface area contributed by atoms with Crippen molar-refractivity contribution in [3.8, 4) is 5.69 Å². The molecule has 0 radical (unpaired) electrons. The van der Waals surface area contributed by atoms with E-state index in [1.165, 1.54) is 22.5 Å². The highest BCUT2D eigenvalue weighted by atomic mass is 15.2. The van der Waals surface area contributed by atoms with Gasteiger partial charge >= 0.3 is 0 Å². The predicted octanol–water partition coefficient (Wildman–Crippen LogP) is 8.31. The van der Waals surface area contributed by atoms with Gasteiger partial charge in [0, 0.05) is 32.7 Å². The quantitative estimate of drug-likeness (QED) is 0.229. The van der Waals surface area contributed by atoms with Crippen molar-refractivity contribution in [1.82, 2.24) is 4.57 Å². The molecular weight excluding hydrogens is 460 g/mol. The average Bonchev–Trinajstić information content (AvgIpc) is 3.19. The van der Waals surface area contributed by atoms with Gasteiger partial charge in [-0.1, -0.05) is 106 Å². The third kappa shape index (κ3) is 4.09. The Labute approximate surface area is 225 Å². The number of aromatic nitrogens is 1. The summed E-state index contributed by atoms with van der Waals surface area (Å²) in [5, 5.41) is 3.04. The van der Waals surface area contributed by atoms with Crippen LogP contribution in [0.5, 0.6) is 0 Å². The fourth-order valence-electron chi connectivity index (χ4n) is 5.46. The lowest BCUT2D eigenvalue weighted by atomic mass is 9.73. The summed E-state index contributed by atoms with van der Waals surface area (Å²) in [6.07, 6.45) is 5.58. The van der Waals surface area contributed by atoms with Gasteiger partial charge in [-0.05, 0) is 60.5 Å². The molecule has 4 aromatic carbocycles. The molecule has 0 N–H and O–H groups in total. The maximum absolute atomic E-state index is 4.42. The van der Waals surface area contributed by atoms with Crippen molar-refractivity contribution in [1.29, 1.82) is 0 Å². The van der Waals surface area contributed by atoms with Gasteiger partial charge in [0.15, 0.2) is 0 Å². The van der Waals surface area contributed by atoms with Crippen molar-refractivity contribution >= 4 is 41.1 Å². The van der Waals surface area contributed by atoms with Gasteiger partial charge in [0.1, 0.15) is 0 Å². The zero-order valence-corrected chi connectivity index (χ0v) is 22.5. The Morgan fingerprint density at radius 1 is 0.711 bits per heavy atom. The predicted molar refractivity (Wildman–Crippen MR) is 165 cm³/mol. The molecular formula is C36H34N2. The summed E-state index contributed by atoms with van der Waals surface area (Å²) in [4.78, 5) is 2.39. The molecule has 0 atom stereocenters. The minimum Gasteiger partial charge on any atom is -0.310 e. The fraction of sp³-hybridized carbons (Fsp3) is 0.111. The highest BCUT2D eigenvalue weighted by Gasteiger charge is 2.37. The molecule has 5 aromatic rings. The van der Waals surface area contributed by atoms with E-state index in [0.29, 0.717) is 0 Å².